The summed E-state index contributed by atoms with van der Waals surface area (Å²) >= 11 is 0. The van der Waals surface area contributed by atoms with Crippen molar-refractivity contribution in [3.05, 3.63) is 23.3 Å². The van der Waals surface area contributed by atoms with E-state index in [9.17, 15) is 9.90 Å². The smallest absolute Gasteiger partial charge is 0.155 e. The maximum atomic E-state index is 11.9. The summed E-state index contributed by atoms with van der Waals surface area (Å²) < 4.78 is 0. The van der Waals surface area contributed by atoms with Gasteiger partial charge in [0.2, 0.25) is 0 Å². The number of carbonyl (C=O) groups is 1. The van der Waals surface area contributed by atoms with Crippen molar-refractivity contribution in [2.45, 2.75) is 71.8 Å². The molecule has 0 spiro atoms. The zero-order valence-electron chi connectivity index (χ0n) is 14.8. The van der Waals surface area contributed by atoms with Crippen molar-refractivity contribution in [3.8, 4) is 0 Å². The van der Waals surface area contributed by atoms with Gasteiger partial charge in [0, 0.05) is 6.42 Å². The normalized spacial score (nSPS) is 51.0. The fourth-order valence-corrected chi connectivity index (χ4v) is 6.94. The summed E-state index contributed by atoms with van der Waals surface area (Å²) in [5.74, 6) is 2.39. The highest BCUT2D eigenvalue weighted by Crippen LogP contribution is 2.66. The van der Waals surface area contributed by atoms with E-state index < -0.39 is 0 Å². The summed E-state index contributed by atoms with van der Waals surface area (Å²) in [4.78, 5) is 11.9. The highest BCUT2D eigenvalue weighted by molar-refractivity contribution is 5.91. The molecule has 0 heterocycles. The van der Waals surface area contributed by atoms with Crippen molar-refractivity contribution in [1.29, 1.82) is 0 Å². The van der Waals surface area contributed by atoms with Crippen molar-refractivity contribution in [3.63, 3.8) is 0 Å². The van der Waals surface area contributed by atoms with Gasteiger partial charge in [-0.15, -0.1) is 0 Å². The van der Waals surface area contributed by atoms with Crippen LogP contribution in [0.2, 0.25) is 0 Å². The van der Waals surface area contributed by atoms with Gasteiger partial charge in [0.1, 0.15) is 0 Å². The lowest BCUT2D eigenvalue weighted by Crippen LogP contribution is -2.49. The van der Waals surface area contributed by atoms with Gasteiger partial charge in [0.15, 0.2) is 5.78 Å². The van der Waals surface area contributed by atoms with Crippen LogP contribution in [-0.4, -0.2) is 17.0 Å². The maximum Gasteiger partial charge on any atom is 0.155 e. The summed E-state index contributed by atoms with van der Waals surface area (Å²) in [6.07, 6.45) is 11.4. The van der Waals surface area contributed by atoms with Crippen LogP contribution in [0.25, 0.3) is 0 Å². The molecular weight excluding hydrogens is 284 g/mol. The molecule has 126 valence electrons. The van der Waals surface area contributed by atoms with Crippen LogP contribution in [0.1, 0.15) is 65.7 Å². The summed E-state index contributed by atoms with van der Waals surface area (Å²) in [7, 11) is 0. The van der Waals surface area contributed by atoms with E-state index in [0.717, 1.165) is 31.6 Å². The number of allylic oxidation sites excluding steroid dienone is 2. The molecule has 3 saturated carbocycles. The summed E-state index contributed by atoms with van der Waals surface area (Å²) in [5, 5.41) is 10.6. The van der Waals surface area contributed by atoms with E-state index >= 15 is 0 Å². The molecule has 0 aromatic rings. The summed E-state index contributed by atoms with van der Waals surface area (Å²) in [6.45, 7) is 6.91. The first kappa shape index (κ1) is 15.6. The van der Waals surface area contributed by atoms with Crippen LogP contribution in [0.5, 0.6) is 0 Å². The Morgan fingerprint density at radius 3 is 2.65 bits per heavy atom. The Morgan fingerprint density at radius 2 is 1.91 bits per heavy atom. The fraction of sp³-hybridized carbons (Fsp3) is 0.762. The average molecular weight is 314 g/mol. The van der Waals surface area contributed by atoms with Crippen molar-refractivity contribution >= 4 is 5.78 Å². The molecule has 6 atom stereocenters. The molecule has 2 heteroatoms. The van der Waals surface area contributed by atoms with E-state index in [4.69, 9.17) is 0 Å². The van der Waals surface area contributed by atoms with E-state index in [1.165, 1.54) is 30.4 Å². The van der Waals surface area contributed by atoms with Gasteiger partial charge < -0.3 is 5.11 Å². The average Bonchev–Trinajstić information content (AvgIpc) is 2.77. The van der Waals surface area contributed by atoms with E-state index in [-0.39, 0.29) is 16.9 Å². The fourth-order valence-electron chi connectivity index (χ4n) is 6.94. The Labute approximate surface area is 140 Å². The van der Waals surface area contributed by atoms with Crippen molar-refractivity contribution in [2.24, 2.45) is 28.6 Å². The quantitative estimate of drug-likeness (QED) is 0.671. The van der Waals surface area contributed by atoms with Crippen molar-refractivity contribution in [1.82, 2.24) is 0 Å². The highest BCUT2D eigenvalue weighted by Gasteiger charge is 2.59. The first-order valence-corrected chi connectivity index (χ1v) is 9.49. The third kappa shape index (κ3) is 2.00. The molecule has 0 bridgehead atoms. The SMILES string of the molecule is C/C=C1\[C@@H](O)C[C@H]2[C@@H]3CCC4=CC(=O)CC[C@]4(C)[C@H]3CC[C@]12C. The lowest BCUT2D eigenvalue weighted by molar-refractivity contribution is -0.117. The number of aliphatic hydroxyl groups is 1. The lowest BCUT2D eigenvalue weighted by Gasteiger charge is -2.57. The number of ketones is 1. The molecule has 2 nitrogen and oxygen atoms in total. The van der Waals surface area contributed by atoms with E-state index in [1.807, 2.05) is 6.08 Å². The van der Waals surface area contributed by atoms with Crippen LogP contribution in [0.4, 0.5) is 0 Å². The number of hydrogen-bond acceptors (Lipinski definition) is 2. The minimum absolute atomic E-state index is 0.206. The Morgan fingerprint density at radius 1 is 1.13 bits per heavy atom. The second-order valence-corrected chi connectivity index (χ2v) is 8.92. The van der Waals surface area contributed by atoms with Crippen LogP contribution in [0.15, 0.2) is 23.3 Å². The molecule has 0 amide bonds. The lowest BCUT2D eigenvalue weighted by atomic mass is 9.47. The van der Waals surface area contributed by atoms with E-state index in [1.54, 1.807) is 0 Å². The molecule has 0 aromatic heterocycles. The molecule has 0 radical (unpaired) electrons. The van der Waals surface area contributed by atoms with Crippen LogP contribution in [-0.2, 0) is 4.79 Å². The molecule has 0 unspecified atom stereocenters. The van der Waals surface area contributed by atoms with Crippen LogP contribution in [0, 0.1) is 28.6 Å². The van der Waals surface area contributed by atoms with Crippen LogP contribution < -0.4 is 0 Å². The predicted octanol–water partition coefficient (Wildman–Crippen LogP) is 4.44. The number of fused-ring (bicyclic) bond motifs is 5. The molecule has 0 saturated heterocycles. The number of rotatable bonds is 0. The van der Waals surface area contributed by atoms with Crippen LogP contribution in [0.3, 0.4) is 0 Å². The van der Waals surface area contributed by atoms with Gasteiger partial charge in [-0.3, -0.25) is 4.79 Å². The number of hydrogen-bond donors (Lipinski definition) is 1. The number of aliphatic hydroxyl groups excluding tert-OH is 1. The zero-order valence-corrected chi connectivity index (χ0v) is 14.8. The largest absolute Gasteiger partial charge is 0.389 e. The monoisotopic (exact) mass is 314 g/mol. The van der Waals surface area contributed by atoms with E-state index in [0.29, 0.717) is 17.6 Å². The van der Waals surface area contributed by atoms with Gasteiger partial charge >= 0.3 is 0 Å². The van der Waals surface area contributed by atoms with Crippen molar-refractivity contribution < 1.29 is 9.90 Å². The molecule has 0 aliphatic heterocycles. The van der Waals surface area contributed by atoms with E-state index in [2.05, 4.69) is 26.8 Å². The Hall–Kier alpha value is -0.890. The van der Waals surface area contributed by atoms with Gasteiger partial charge in [0.25, 0.3) is 0 Å². The topological polar surface area (TPSA) is 37.3 Å². The molecule has 4 aliphatic rings. The number of carbonyl (C=O) groups excluding carboxylic acids is 1. The Kier molecular flexibility index (Phi) is 3.43. The zero-order chi connectivity index (χ0) is 16.4. The van der Waals surface area contributed by atoms with Gasteiger partial charge in [-0.2, -0.15) is 0 Å². The predicted molar refractivity (Wildman–Crippen MR) is 91.9 cm³/mol. The minimum Gasteiger partial charge on any atom is -0.389 e. The summed E-state index contributed by atoms with van der Waals surface area (Å²) in [6, 6.07) is 0. The second kappa shape index (κ2) is 5.05. The Balaban J connectivity index is 1.71. The molecule has 4 aliphatic carbocycles. The molecule has 3 fully saturated rings. The molecule has 23 heavy (non-hydrogen) atoms. The third-order valence-electron chi connectivity index (χ3n) is 8.16. The first-order chi connectivity index (χ1) is 10.9. The third-order valence-corrected chi connectivity index (χ3v) is 8.16. The first-order valence-electron chi connectivity index (χ1n) is 9.49. The standard InChI is InChI=1S/C21H30O2/c1-4-16-19(23)12-18-15-6-5-13-11-14(22)7-9-20(13,2)17(15)8-10-21(16,18)3/h4,11,15,17-19,23H,5-10,12H2,1-3H3/b16-4+/t15-,17+,18+,19+,20+,21-/m1/s1. The molecule has 4 rings (SSSR count). The second-order valence-electron chi connectivity index (χ2n) is 8.92. The maximum absolute atomic E-state index is 11.9. The van der Waals surface area contributed by atoms with Gasteiger partial charge in [-0.25, -0.2) is 0 Å². The Bertz CT molecular complexity index is 601. The van der Waals surface area contributed by atoms with Gasteiger partial charge in [0.05, 0.1) is 6.10 Å². The van der Waals surface area contributed by atoms with Gasteiger partial charge in [-0.1, -0.05) is 25.5 Å². The highest BCUT2D eigenvalue weighted by atomic mass is 16.3. The van der Waals surface area contributed by atoms with Crippen LogP contribution >= 0.6 is 0 Å². The molecule has 0 aromatic carbocycles. The summed E-state index contributed by atoms with van der Waals surface area (Å²) in [5.41, 5.74) is 3.17. The van der Waals surface area contributed by atoms with Crippen molar-refractivity contribution in [2.75, 3.05) is 0 Å². The van der Waals surface area contributed by atoms with Gasteiger partial charge in [-0.05, 0) is 85.7 Å². The molecule has 1 N–H and O–H groups in total. The minimum atomic E-state index is -0.230. The molecular formula is C21H30O2.